The van der Waals surface area contributed by atoms with Crippen LogP contribution in [0.2, 0.25) is 0 Å². The minimum Gasteiger partial charge on any atom is -0.376 e. The first kappa shape index (κ1) is 26.9. The second kappa shape index (κ2) is 11.9. The lowest BCUT2D eigenvalue weighted by Gasteiger charge is -2.29. The summed E-state index contributed by atoms with van der Waals surface area (Å²) in [5, 5.41) is 1.98. The monoisotopic (exact) mass is 530 g/mol. The van der Waals surface area contributed by atoms with Crippen molar-refractivity contribution in [3.05, 3.63) is 93.2 Å². The average molecular weight is 531 g/mol. The highest BCUT2D eigenvalue weighted by atomic mass is 32.1. The van der Waals surface area contributed by atoms with E-state index in [1.165, 1.54) is 4.90 Å². The van der Waals surface area contributed by atoms with Crippen LogP contribution in [-0.2, 0) is 28.8 Å². The first-order chi connectivity index (χ1) is 17.7. The number of hydrogen-bond donors (Lipinski definition) is 0. The third-order valence-electron chi connectivity index (χ3n) is 6.39. The van der Waals surface area contributed by atoms with Crippen molar-refractivity contribution in [3.8, 4) is 0 Å². The zero-order valence-corrected chi connectivity index (χ0v) is 21.4. The Kier molecular flexibility index (Phi) is 8.66. The van der Waals surface area contributed by atoms with E-state index in [-0.39, 0.29) is 30.7 Å². The highest BCUT2D eigenvalue weighted by Gasteiger charge is 2.31. The Morgan fingerprint density at radius 1 is 1.00 bits per heavy atom. The van der Waals surface area contributed by atoms with Crippen LogP contribution in [0.5, 0.6) is 0 Å². The van der Waals surface area contributed by atoms with E-state index in [0.717, 1.165) is 53.1 Å². The quantitative estimate of drug-likeness (QED) is 0.345. The van der Waals surface area contributed by atoms with Crippen LogP contribution in [0.25, 0.3) is 0 Å². The number of aryl methyl sites for hydroxylation is 1. The second-order valence-electron chi connectivity index (χ2n) is 9.16. The molecule has 196 valence electrons. The predicted molar refractivity (Wildman–Crippen MR) is 136 cm³/mol. The van der Waals surface area contributed by atoms with E-state index >= 15 is 0 Å². The molecule has 4 rings (SSSR count). The van der Waals surface area contributed by atoms with Gasteiger partial charge < -0.3 is 14.5 Å². The summed E-state index contributed by atoms with van der Waals surface area (Å²) in [4.78, 5) is 31.2. The highest BCUT2D eigenvalue weighted by molar-refractivity contribution is 7.10. The van der Waals surface area contributed by atoms with Gasteiger partial charge in [-0.2, -0.15) is 13.2 Å². The molecule has 2 amide bonds. The number of hydrogen-bond acceptors (Lipinski definition) is 4. The number of benzene rings is 2. The summed E-state index contributed by atoms with van der Waals surface area (Å²) in [5.41, 5.74) is 1.33. The summed E-state index contributed by atoms with van der Waals surface area (Å²) in [6.45, 7) is 3.35. The molecule has 9 heteroatoms. The fraction of sp³-hybridized carbons (Fsp3) is 0.357. The van der Waals surface area contributed by atoms with Gasteiger partial charge >= 0.3 is 6.18 Å². The number of carbonyl (C=O) groups is 2. The highest BCUT2D eigenvalue weighted by Crippen LogP contribution is 2.29. The van der Waals surface area contributed by atoms with Crippen LogP contribution in [0.4, 0.5) is 13.2 Å². The molecule has 0 spiro atoms. The molecule has 0 aliphatic carbocycles. The molecule has 1 aliphatic rings. The molecule has 2 aromatic carbocycles. The lowest BCUT2D eigenvalue weighted by molar-refractivity contribution is -0.137. The summed E-state index contributed by atoms with van der Waals surface area (Å²) < 4.78 is 44.7. The van der Waals surface area contributed by atoms with Crippen molar-refractivity contribution in [3.63, 3.8) is 0 Å². The van der Waals surface area contributed by atoms with Crippen molar-refractivity contribution in [1.82, 2.24) is 9.80 Å². The average Bonchev–Trinajstić information content (AvgIpc) is 3.54. The zero-order chi connectivity index (χ0) is 26.4. The molecule has 0 radical (unpaired) electrons. The van der Waals surface area contributed by atoms with Gasteiger partial charge in [0, 0.05) is 30.1 Å². The maximum absolute atomic E-state index is 13.6. The number of halogens is 3. The molecule has 1 saturated heterocycles. The molecule has 3 aromatic rings. The smallest absolute Gasteiger partial charge is 0.376 e. The summed E-state index contributed by atoms with van der Waals surface area (Å²) >= 11 is 1.57. The Hall–Kier alpha value is -3.17. The summed E-state index contributed by atoms with van der Waals surface area (Å²) in [7, 11) is 0. The van der Waals surface area contributed by atoms with E-state index in [4.69, 9.17) is 4.74 Å². The fourth-order valence-electron chi connectivity index (χ4n) is 4.28. The zero-order valence-electron chi connectivity index (χ0n) is 20.5. The van der Waals surface area contributed by atoms with E-state index in [9.17, 15) is 22.8 Å². The summed E-state index contributed by atoms with van der Waals surface area (Å²) in [6, 6.07) is 15.7. The largest absolute Gasteiger partial charge is 0.416 e. The van der Waals surface area contributed by atoms with Gasteiger partial charge in [0.2, 0.25) is 5.91 Å². The second-order valence-corrected chi connectivity index (χ2v) is 10.2. The molecule has 1 atom stereocenters. The van der Waals surface area contributed by atoms with Gasteiger partial charge in [-0.05, 0) is 66.6 Å². The molecule has 1 unspecified atom stereocenters. The summed E-state index contributed by atoms with van der Waals surface area (Å²) in [5.74, 6) is -0.737. The Labute approximate surface area is 218 Å². The molecule has 37 heavy (non-hydrogen) atoms. The Morgan fingerprint density at radius 2 is 1.73 bits per heavy atom. The van der Waals surface area contributed by atoms with Crippen LogP contribution in [0.15, 0.2) is 66.0 Å². The van der Waals surface area contributed by atoms with Crippen molar-refractivity contribution >= 4 is 23.2 Å². The van der Waals surface area contributed by atoms with Gasteiger partial charge in [-0.25, -0.2) is 0 Å². The van der Waals surface area contributed by atoms with Crippen LogP contribution in [0.1, 0.15) is 44.8 Å². The molecule has 1 aromatic heterocycles. The maximum Gasteiger partial charge on any atom is 0.416 e. The van der Waals surface area contributed by atoms with Gasteiger partial charge in [-0.15, -0.1) is 11.3 Å². The third-order valence-corrected chi connectivity index (χ3v) is 7.40. The van der Waals surface area contributed by atoms with Crippen molar-refractivity contribution in [2.24, 2.45) is 0 Å². The van der Waals surface area contributed by atoms with E-state index in [2.05, 4.69) is 0 Å². The molecule has 0 N–H and O–H groups in total. The number of alkyl halides is 3. The first-order valence-corrected chi connectivity index (χ1v) is 13.0. The van der Waals surface area contributed by atoms with Gasteiger partial charge in [-0.1, -0.05) is 30.3 Å². The SMILES string of the molecule is Cc1ccsc1CN(Cc1ccccc1)C(=O)CN(CC1CCCO1)C(=O)c1ccc(C(F)(F)F)cc1. The third kappa shape index (κ3) is 7.20. The topological polar surface area (TPSA) is 49.9 Å². The Balaban J connectivity index is 1.56. The molecule has 1 fully saturated rings. The summed E-state index contributed by atoms with van der Waals surface area (Å²) in [6.07, 6.45) is -3.09. The van der Waals surface area contributed by atoms with E-state index < -0.39 is 17.6 Å². The van der Waals surface area contributed by atoms with Crippen molar-refractivity contribution in [2.45, 2.75) is 45.1 Å². The molecular formula is C28H29F3N2O3S. The Bertz CT molecular complexity index is 1190. The number of carbonyl (C=O) groups excluding carboxylic acids is 2. The van der Waals surface area contributed by atoms with Gasteiger partial charge in [0.15, 0.2) is 0 Å². The molecule has 1 aliphatic heterocycles. The first-order valence-electron chi connectivity index (χ1n) is 12.1. The molecule has 5 nitrogen and oxygen atoms in total. The standard InChI is InChI=1S/C28H29F3N2O3S/c1-20-13-15-37-25(20)18-32(16-21-6-3-2-4-7-21)26(34)19-33(17-24-8-5-14-36-24)27(35)22-9-11-23(12-10-22)28(29,30)31/h2-4,6-7,9-13,15,24H,5,8,14,16-19H2,1H3. The minimum atomic E-state index is -4.49. The number of rotatable bonds is 9. The fourth-order valence-corrected chi connectivity index (χ4v) is 5.20. The lowest BCUT2D eigenvalue weighted by Crippen LogP contribution is -2.45. The molecule has 0 saturated carbocycles. The van der Waals surface area contributed by atoms with Gasteiger partial charge in [0.25, 0.3) is 5.91 Å². The number of amides is 2. The minimum absolute atomic E-state index is 0.0995. The molecule has 0 bridgehead atoms. The van der Waals surface area contributed by atoms with Crippen LogP contribution in [0, 0.1) is 6.92 Å². The number of nitrogens with zero attached hydrogens (tertiary/aromatic N) is 2. The number of ether oxygens (including phenoxy) is 1. The Morgan fingerprint density at radius 3 is 2.32 bits per heavy atom. The predicted octanol–water partition coefficient (Wildman–Crippen LogP) is 5.93. The lowest BCUT2D eigenvalue weighted by atomic mass is 10.1. The van der Waals surface area contributed by atoms with E-state index in [1.807, 2.05) is 48.7 Å². The van der Waals surface area contributed by atoms with Crippen molar-refractivity contribution in [2.75, 3.05) is 19.7 Å². The van der Waals surface area contributed by atoms with Crippen LogP contribution >= 0.6 is 11.3 Å². The molecule has 2 heterocycles. The molecular weight excluding hydrogens is 501 g/mol. The van der Waals surface area contributed by atoms with Crippen LogP contribution in [-0.4, -0.2) is 47.4 Å². The van der Waals surface area contributed by atoms with Gasteiger partial charge in [0.05, 0.1) is 18.2 Å². The van der Waals surface area contributed by atoms with Crippen molar-refractivity contribution < 1.29 is 27.5 Å². The maximum atomic E-state index is 13.6. The van der Waals surface area contributed by atoms with Gasteiger partial charge in [0.1, 0.15) is 6.54 Å². The van der Waals surface area contributed by atoms with E-state index in [1.54, 1.807) is 16.2 Å². The number of thiophene rings is 1. The van der Waals surface area contributed by atoms with Gasteiger partial charge in [-0.3, -0.25) is 9.59 Å². The van der Waals surface area contributed by atoms with Crippen molar-refractivity contribution in [1.29, 1.82) is 0 Å². The normalized spacial score (nSPS) is 15.5. The van der Waals surface area contributed by atoms with E-state index in [0.29, 0.717) is 19.7 Å². The van der Waals surface area contributed by atoms with Crippen LogP contribution in [0.3, 0.4) is 0 Å². The van der Waals surface area contributed by atoms with Crippen LogP contribution < -0.4 is 0 Å².